The molecule has 2 amide bonds. The molecule has 104 valence electrons. The number of nitrogens with zero attached hydrogens (tertiary/aromatic N) is 2. The number of rotatable bonds is 5. The van der Waals surface area contributed by atoms with E-state index in [9.17, 15) is 9.59 Å². The average Bonchev–Trinajstić information content (AvgIpc) is 2.43. The van der Waals surface area contributed by atoms with E-state index in [0.29, 0.717) is 19.6 Å². The molecule has 1 saturated heterocycles. The Kier molecular flexibility index (Phi) is 6.67. The average molecular weight is 256 g/mol. The van der Waals surface area contributed by atoms with Crippen molar-refractivity contribution in [3.8, 4) is 0 Å². The van der Waals surface area contributed by atoms with Gasteiger partial charge in [-0.25, -0.2) is 0 Å². The molecule has 6 nitrogen and oxygen atoms in total. The quantitative estimate of drug-likeness (QED) is 0.611. The normalized spacial score (nSPS) is 15.8. The largest absolute Gasteiger partial charge is 0.347 e. The first-order chi connectivity index (χ1) is 8.69. The lowest BCUT2D eigenvalue weighted by atomic mass is 10.3. The van der Waals surface area contributed by atoms with E-state index in [1.165, 1.54) is 0 Å². The van der Waals surface area contributed by atoms with E-state index in [4.69, 9.17) is 0 Å². The van der Waals surface area contributed by atoms with E-state index in [1.807, 2.05) is 0 Å². The van der Waals surface area contributed by atoms with Gasteiger partial charge in [-0.1, -0.05) is 13.8 Å². The molecule has 0 aliphatic carbocycles. The van der Waals surface area contributed by atoms with Crippen molar-refractivity contribution >= 4 is 11.8 Å². The Morgan fingerprint density at radius 1 is 1.22 bits per heavy atom. The van der Waals surface area contributed by atoms with Crippen LogP contribution in [0.5, 0.6) is 0 Å². The molecule has 0 bridgehead atoms. The van der Waals surface area contributed by atoms with E-state index in [0.717, 1.165) is 32.7 Å². The molecule has 0 radical (unpaired) electrons. The highest BCUT2D eigenvalue weighted by atomic mass is 16.2. The van der Waals surface area contributed by atoms with Gasteiger partial charge in [0.25, 0.3) is 0 Å². The standard InChI is InChI=1S/C12H24N4O2/c1-3-15(4-2)8-7-14-11(17)12(18)16-9-5-13-6-10-16/h13H,3-10H2,1-2H3,(H,14,17). The van der Waals surface area contributed by atoms with E-state index in [1.54, 1.807) is 4.90 Å². The van der Waals surface area contributed by atoms with Gasteiger partial charge in [0.1, 0.15) is 0 Å². The Morgan fingerprint density at radius 3 is 2.39 bits per heavy atom. The summed E-state index contributed by atoms with van der Waals surface area (Å²) in [5.41, 5.74) is 0. The van der Waals surface area contributed by atoms with Gasteiger partial charge in [0.2, 0.25) is 0 Å². The maximum atomic E-state index is 11.8. The zero-order valence-corrected chi connectivity index (χ0v) is 11.4. The van der Waals surface area contributed by atoms with Crippen LogP contribution in [0.15, 0.2) is 0 Å². The smallest absolute Gasteiger partial charge is 0.311 e. The van der Waals surface area contributed by atoms with Crippen LogP contribution in [0.1, 0.15) is 13.8 Å². The second kappa shape index (κ2) is 8.05. The first kappa shape index (κ1) is 14.9. The fraction of sp³-hybridized carbons (Fsp3) is 0.833. The predicted molar refractivity (Wildman–Crippen MR) is 70.2 cm³/mol. The lowest BCUT2D eigenvalue weighted by Gasteiger charge is -2.26. The SMILES string of the molecule is CCN(CC)CCNC(=O)C(=O)N1CCNCC1. The van der Waals surface area contributed by atoms with Gasteiger partial charge in [0.15, 0.2) is 0 Å². The van der Waals surface area contributed by atoms with Crippen LogP contribution >= 0.6 is 0 Å². The molecule has 18 heavy (non-hydrogen) atoms. The topological polar surface area (TPSA) is 64.7 Å². The van der Waals surface area contributed by atoms with Gasteiger partial charge in [-0.15, -0.1) is 0 Å². The predicted octanol–water partition coefficient (Wildman–Crippen LogP) is -1.12. The van der Waals surface area contributed by atoms with Crippen LogP contribution in [0.2, 0.25) is 0 Å². The van der Waals surface area contributed by atoms with E-state index in [-0.39, 0.29) is 0 Å². The molecule has 0 aromatic rings. The van der Waals surface area contributed by atoms with Crippen molar-refractivity contribution in [2.45, 2.75) is 13.8 Å². The molecule has 1 aliphatic rings. The minimum Gasteiger partial charge on any atom is -0.347 e. The van der Waals surface area contributed by atoms with Gasteiger partial charge in [-0.2, -0.15) is 0 Å². The van der Waals surface area contributed by atoms with Crippen LogP contribution in [0.25, 0.3) is 0 Å². The maximum Gasteiger partial charge on any atom is 0.311 e. The van der Waals surface area contributed by atoms with Crippen molar-refractivity contribution in [1.29, 1.82) is 0 Å². The molecule has 1 fully saturated rings. The van der Waals surface area contributed by atoms with Crippen molar-refractivity contribution in [3.05, 3.63) is 0 Å². The second-order valence-electron chi connectivity index (χ2n) is 4.32. The Morgan fingerprint density at radius 2 is 1.83 bits per heavy atom. The van der Waals surface area contributed by atoms with Gasteiger partial charge < -0.3 is 20.4 Å². The van der Waals surface area contributed by atoms with Crippen LogP contribution in [0.4, 0.5) is 0 Å². The molecule has 1 aliphatic heterocycles. The number of carbonyl (C=O) groups is 2. The number of nitrogens with one attached hydrogen (secondary N) is 2. The molecular formula is C12H24N4O2. The van der Waals surface area contributed by atoms with Crippen LogP contribution in [0, 0.1) is 0 Å². The highest BCUT2D eigenvalue weighted by Crippen LogP contribution is 1.93. The van der Waals surface area contributed by atoms with Gasteiger partial charge in [-0.3, -0.25) is 9.59 Å². The Hall–Kier alpha value is -1.14. The summed E-state index contributed by atoms with van der Waals surface area (Å²) < 4.78 is 0. The fourth-order valence-electron chi connectivity index (χ4n) is 1.95. The third kappa shape index (κ3) is 4.62. The second-order valence-corrected chi connectivity index (χ2v) is 4.32. The van der Waals surface area contributed by atoms with Crippen molar-refractivity contribution in [2.24, 2.45) is 0 Å². The third-order valence-electron chi connectivity index (χ3n) is 3.21. The van der Waals surface area contributed by atoms with Crippen LogP contribution in [0.3, 0.4) is 0 Å². The summed E-state index contributed by atoms with van der Waals surface area (Å²) in [7, 11) is 0. The van der Waals surface area contributed by atoms with Crippen molar-refractivity contribution in [1.82, 2.24) is 20.4 Å². The third-order valence-corrected chi connectivity index (χ3v) is 3.21. The maximum absolute atomic E-state index is 11.8. The van der Waals surface area contributed by atoms with Gasteiger partial charge >= 0.3 is 11.8 Å². The molecule has 1 heterocycles. The highest BCUT2D eigenvalue weighted by molar-refractivity contribution is 6.35. The minimum atomic E-state index is -0.482. The monoisotopic (exact) mass is 256 g/mol. The number of hydrogen-bond acceptors (Lipinski definition) is 4. The Labute approximate surface area is 109 Å². The number of hydrogen-bond donors (Lipinski definition) is 2. The molecular weight excluding hydrogens is 232 g/mol. The summed E-state index contributed by atoms with van der Waals surface area (Å²) in [6, 6.07) is 0. The zero-order chi connectivity index (χ0) is 13.4. The summed E-state index contributed by atoms with van der Waals surface area (Å²) in [5.74, 6) is -0.889. The molecule has 0 aromatic heterocycles. The summed E-state index contributed by atoms with van der Waals surface area (Å²) in [6.45, 7) is 10.1. The first-order valence-electron chi connectivity index (χ1n) is 6.69. The van der Waals surface area contributed by atoms with E-state index < -0.39 is 11.8 Å². The van der Waals surface area contributed by atoms with Gasteiger partial charge in [0.05, 0.1) is 0 Å². The van der Waals surface area contributed by atoms with E-state index >= 15 is 0 Å². The molecule has 0 atom stereocenters. The number of amides is 2. The number of likely N-dealkylation sites (N-methyl/N-ethyl adjacent to an activating group) is 1. The summed E-state index contributed by atoms with van der Waals surface area (Å²) in [5, 5.41) is 5.84. The minimum absolute atomic E-state index is 0.406. The van der Waals surface area contributed by atoms with Crippen LogP contribution in [-0.2, 0) is 9.59 Å². The molecule has 0 aromatic carbocycles. The lowest BCUT2D eigenvalue weighted by molar-refractivity contribution is -0.146. The Bertz CT molecular complexity index is 273. The van der Waals surface area contributed by atoms with Crippen LogP contribution in [-0.4, -0.2) is 74.0 Å². The molecule has 2 N–H and O–H groups in total. The molecule has 0 saturated carbocycles. The zero-order valence-electron chi connectivity index (χ0n) is 11.4. The molecule has 0 unspecified atom stereocenters. The van der Waals surface area contributed by atoms with Gasteiger partial charge in [0, 0.05) is 39.3 Å². The van der Waals surface area contributed by atoms with E-state index in [2.05, 4.69) is 29.4 Å². The lowest BCUT2D eigenvalue weighted by Crippen LogP contribution is -2.51. The van der Waals surface area contributed by atoms with Gasteiger partial charge in [-0.05, 0) is 13.1 Å². The van der Waals surface area contributed by atoms with Crippen molar-refractivity contribution in [3.63, 3.8) is 0 Å². The Balaban J connectivity index is 2.25. The molecule has 6 heteroatoms. The summed E-state index contributed by atoms with van der Waals surface area (Å²) in [4.78, 5) is 27.2. The fourth-order valence-corrected chi connectivity index (χ4v) is 1.95. The van der Waals surface area contributed by atoms with Crippen molar-refractivity contribution < 1.29 is 9.59 Å². The number of piperazine rings is 1. The molecule has 0 spiro atoms. The van der Waals surface area contributed by atoms with Crippen molar-refractivity contribution in [2.75, 3.05) is 52.4 Å². The van der Waals surface area contributed by atoms with Crippen LogP contribution < -0.4 is 10.6 Å². The molecule has 1 rings (SSSR count). The highest BCUT2D eigenvalue weighted by Gasteiger charge is 2.22. The summed E-state index contributed by atoms with van der Waals surface area (Å²) >= 11 is 0. The number of carbonyl (C=O) groups excluding carboxylic acids is 2. The summed E-state index contributed by atoms with van der Waals surface area (Å²) in [6.07, 6.45) is 0. The first-order valence-corrected chi connectivity index (χ1v) is 6.69.